The van der Waals surface area contributed by atoms with Crippen molar-refractivity contribution in [2.45, 2.75) is 45.8 Å². The van der Waals surface area contributed by atoms with Gasteiger partial charge < -0.3 is 10.1 Å². The summed E-state index contributed by atoms with van der Waals surface area (Å²) in [5.74, 6) is 0.651. The normalized spacial score (nSPS) is 28.9. The molecule has 0 saturated carbocycles. The van der Waals surface area contributed by atoms with E-state index in [1.54, 1.807) is 0 Å². The molecule has 76 valence electrons. The molecule has 1 rings (SSSR count). The van der Waals surface area contributed by atoms with Gasteiger partial charge in [0.1, 0.15) is 6.10 Å². The Hall–Kier alpha value is -0.570. The van der Waals surface area contributed by atoms with Gasteiger partial charge in [0.25, 0.3) is 0 Å². The Bertz CT molecular complexity index is 180. The second-order valence-electron chi connectivity index (χ2n) is 4.15. The maximum absolute atomic E-state index is 11.5. The molecule has 1 saturated heterocycles. The Morgan fingerprint density at radius 3 is 2.77 bits per heavy atom. The van der Waals surface area contributed by atoms with E-state index in [-0.39, 0.29) is 18.1 Å². The van der Waals surface area contributed by atoms with E-state index < -0.39 is 0 Å². The zero-order valence-electron chi connectivity index (χ0n) is 8.67. The molecule has 0 aromatic rings. The fraction of sp³-hybridized carbons (Fsp3) is 0.900. The van der Waals surface area contributed by atoms with Gasteiger partial charge in [-0.25, -0.2) is 0 Å². The van der Waals surface area contributed by atoms with Gasteiger partial charge in [-0.1, -0.05) is 6.92 Å². The fourth-order valence-corrected chi connectivity index (χ4v) is 1.52. The van der Waals surface area contributed by atoms with Crippen LogP contribution in [-0.2, 0) is 9.53 Å². The molecule has 13 heavy (non-hydrogen) atoms. The van der Waals surface area contributed by atoms with Crippen molar-refractivity contribution in [2.24, 2.45) is 5.92 Å². The third-order valence-corrected chi connectivity index (χ3v) is 2.27. The summed E-state index contributed by atoms with van der Waals surface area (Å²) in [6.45, 7) is 6.81. The number of amides is 1. The van der Waals surface area contributed by atoms with Gasteiger partial charge in [-0.05, 0) is 32.6 Å². The summed E-state index contributed by atoms with van der Waals surface area (Å²) in [6, 6.07) is 0.202. The number of carbonyl (C=O) groups is 1. The van der Waals surface area contributed by atoms with Crippen LogP contribution in [0.4, 0.5) is 0 Å². The van der Waals surface area contributed by atoms with E-state index in [0.717, 1.165) is 19.4 Å². The first kappa shape index (κ1) is 10.5. The molecule has 3 nitrogen and oxygen atoms in total. The zero-order valence-corrected chi connectivity index (χ0v) is 8.67. The van der Waals surface area contributed by atoms with E-state index in [4.69, 9.17) is 4.74 Å². The third-order valence-electron chi connectivity index (χ3n) is 2.27. The molecule has 0 bridgehead atoms. The van der Waals surface area contributed by atoms with Gasteiger partial charge in [0.2, 0.25) is 5.91 Å². The highest BCUT2D eigenvalue weighted by molar-refractivity contribution is 5.81. The van der Waals surface area contributed by atoms with Gasteiger partial charge in [-0.2, -0.15) is 0 Å². The lowest BCUT2D eigenvalue weighted by molar-refractivity contribution is -0.137. The summed E-state index contributed by atoms with van der Waals surface area (Å²) < 4.78 is 5.40. The first-order valence-corrected chi connectivity index (χ1v) is 5.01. The number of rotatable bonds is 2. The van der Waals surface area contributed by atoms with Crippen molar-refractivity contribution in [1.29, 1.82) is 0 Å². The summed E-state index contributed by atoms with van der Waals surface area (Å²) in [5, 5.41) is 2.87. The second-order valence-corrected chi connectivity index (χ2v) is 4.15. The van der Waals surface area contributed by atoms with Crippen molar-refractivity contribution in [2.75, 3.05) is 6.61 Å². The first-order valence-electron chi connectivity index (χ1n) is 5.01. The zero-order chi connectivity index (χ0) is 9.84. The van der Waals surface area contributed by atoms with Crippen molar-refractivity contribution >= 4 is 5.91 Å². The fourth-order valence-electron chi connectivity index (χ4n) is 1.52. The average molecular weight is 185 g/mol. The van der Waals surface area contributed by atoms with E-state index in [1.165, 1.54) is 0 Å². The van der Waals surface area contributed by atoms with Gasteiger partial charge in [0.05, 0.1) is 0 Å². The highest BCUT2D eigenvalue weighted by atomic mass is 16.5. The SMILES string of the molecule is CC(C)NC(=O)[C@@H]1C[C@@H](C)CCO1. The predicted molar refractivity (Wildman–Crippen MR) is 51.4 cm³/mol. The van der Waals surface area contributed by atoms with Crippen LogP contribution in [0.15, 0.2) is 0 Å². The average Bonchev–Trinajstić information content (AvgIpc) is 2.03. The summed E-state index contributed by atoms with van der Waals surface area (Å²) in [7, 11) is 0. The van der Waals surface area contributed by atoms with Gasteiger partial charge in [0, 0.05) is 12.6 Å². The maximum Gasteiger partial charge on any atom is 0.249 e. The van der Waals surface area contributed by atoms with Crippen LogP contribution >= 0.6 is 0 Å². The summed E-state index contributed by atoms with van der Waals surface area (Å²) in [4.78, 5) is 11.5. The Morgan fingerprint density at radius 1 is 1.54 bits per heavy atom. The molecule has 1 amide bonds. The highest BCUT2D eigenvalue weighted by Gasteiger charge is 2.25. The Balaban J connectivity index is 2.37. The van der Waals surface area contributed by atoms with Gasteiger partial charge in [-0.15, -0.1) is 0 Å². The van der Waals surface area contributed by atoms with E-state index in [9.17, 15) is 4.79 Å². The Labute approximate surface area is 79.8 Å². The van der Waals surface area contributed by atoms with Crippen LogP contribution in [0.1, 0.15) is 33.6 Å². The molecule has 1 aliphatic heterocycles. The van der Waals surface area contributed by atoms with Crippen molar-refractivity contribution in [3.63, 3.8) is 0 Å². The van der Waals surface area contributed by atoms with Gasteiger partial charge in [-0.3, -0.25) is 4.79 Å². The van der Waals surface area contributed by atoms with Gasteiger partial charge in [0.15, 0.2) is 0 Å². The van der Waals surface area contributed by atoms with E-state index in [1.807, 2.05) is 13.8 Å². The summed E-state index contributed by atoms with van der Waals surface area (Å²) in [6.07, 6.45) is 1.72. The Morgan fingerprint density at radius 2 is 2.23 bits per heavy atom. The van der Waals surface area contributed by atoms with Crippen molar-refractivity contribution in [1.82, 2.24) is 5.32 Å². The van der Waals surface area contributed by atoms with Crippen molar-refractivity contribution < 1.29 is 9.53 Å². The van der Waals surface area contributed by atoms with Crippen LogP contribution < -0.4 is 5.32 Å². The number of carbonyl (C=O) groups excluding carboxylic acids is 1. The second kappa shape index (κ2) is 4.61. The molecule has 2 atom stereocenters. The number of hydrogen-bond donors (Lipinski definition) is 1. The summed E-state index contributed by atoms with van der Waals surface area (Å²) in [5.41, 5.74) is 0. The molecule has 1 N–H and O–H groups in total. The number of ether oxygens (including phenoxy) is 1. The number of nitrogens with one attached hydrogen (secondary N) is 1. The lowest BCUT2D eigenvalue weighted by atomic mass is 9.97. The molecule has 0 aromatic heterocycles. The minimum absolute atomic E-state index is 0.0431. The van der Waals surface area contributed by atoms with Crippen LogP contribution in [0.2, 0.25) is 0 Å². The van der Waals surface area contributed by atoms with Crippen LogP contribution in [-0.4, -0.2) is 24.7 Å². The standard InChI is InChI=1S/C10H19NO2/c1-7(2)11-10(12)9-6-8(3)4-5-13-9/h7-9H,4-6H2,1-3H3,(H,11,12)/t8-,9-/m0/s1. The molecule has 0 spiro atoms. The molecule has 1 aliphatic rings. The van der Waals surface area contributed by atoms with E-state index in [0.29, 0.717) is 5.92 Å². The van der Waals surface area contributed by atoms with Crippen molar-refractivity contribution in [3.05, 3.63) is 0 Å². The minimum atomic E-state index is -0.217. The third kappa shape index (κ3) is 3.35. The molecule has 0 unspecified atom stereocenters. The largest absolute Gasteiger partial charge is 0.368 e. The molecule has 0 aromatic carbocycles. The lowest BCUT2D eigenvalue weighted by Gasteiger charge is -2.26. The molecule has 3 heteroatoms. The molecule has 0 radical (unpaired) electrons. The molecular weight excluding hydrogens is 166 g/mol. The maximum atomic E-state index is 11.5. The van der Waals surface area contributed by atoms with Crippen LogP contribution in [0.25, 0.3) is 0 Å². The van der Waals surface area contributed by atoms with Crippen LogP contribution in [0.3, 0.4) is 0 Å². The molecule has 1 fully saturated rings. The van der Waals surface area contributed by atoms with E-state index in [2.05, 4.69) is 12.2 Å². The predicted octanol–water partition coefficient (Wildman–Crippen LogP) is 1.33. The topological polar surface area (TPSA) is 38.3 Å². The van der Waals surface area contributed by atoms with Gasteiger partial charge >= 0.3 is 0 Å². The Kier molecular flexibility index (Phi) is 3.72. The number of hydrogen-bond acceptors (Lipinski definition) is 2. The van der Waals surface area contributed by atoms with Crippen LogP contribution in [0, 0.1) is 5.92 Å². The quantitative estimate of drug-likeness (QED) is 0.704. The molecule has 0 aliphatic carbocycles. The summed E-state index contributed by atoms with van der Waals surface area (Å²) >= 11 is 0. The monoisotopic (exact) mass is 185 g/mol. The first-order chi connectivity index (χ1) is 6.09. The van der Waals surface area contributed by atoms with Crippen molar-refractivity contribution in [3.8, 4) is 0 Å². The van der Waals surface area contributed by atoms with E-state index >= 15 is 0 Å². The minimum Gasteiger partial charge on any atom is -0.368 e. The highest BCUT2D eigenvalue weighted by Crippen LogP contribution is 2.19. The molecule has 1 heterocycles. The van der Waals surface area contributed by atoms with Crippen LogP contribution in [0.5, 0.6) is 0 Å². The lowest BCUT2D eigenvalue weighted by Crippen LogP contribution is -2.42. The smallest absolute Gasteiger partial charge is 0.249 e. The molecular formula is C10H19NO2.